The lowest BCUT2D eigenvalue weighted by molar-refractivity contribution is 0.213. The van der Waals surface area contributed by atoms with Gasteiger partial charge in [0.15, 0.2) is 0 Å². The first kappa shape index (κ1) is 16.3. The van der Waals surface area contributed by atoms with Gasteiger partial charge in [-0.15, -0.1) is 0 Å². The number of nitrogens with two attached hydrogens (primary N) is 1. The van der Waals surface area contributed by atoms with Crippen LogP contribution in [0, 0.1) is 11.8 Å². The van der Waals surface area contributed by atoms with Crippen LogP contribution in [0.25, 0.3) is 0 Å². The van der Waals surface area contributed by atoms with Gasteiger partial charge in [-0.05, 0) is 50.3 Å². The average Bonchev–Trinajstić information content (AvgIpc) is 2.68. The summed E-state index contributed by atoms with van der Waals surface area (Å²) in [7, 11) is 0. The smallest absolute Gasteiger partial charge is 0.123 e. The summed E-state index contributed by atoms with van der Waals surface area (Å²) in [6.07, 6.45) is 3.70. The second-order valence-corrected chi connectivity index (χ2v) is 6.46. The van der Waals surface area contributed by atoms with Crippen LogP contribution in [0.4, 0.5) is 0 Å². The molecule has 3 heteroatoms. The summed E-state index contributed by atoms with van der Waals surface area (Å²) in [5.74, 6) is 2.57. The summed E-state index contributed by atoms with van der Waals surface area (Å²) in [5, 5.41) is 0. The molecule has 0 bridgehead atoms. The topological polar surface area (TPSA) is 38.5 Å². The van der Waals surface area contributed by atoms with Crippen molar-refractivity contribution in [3.63, 3.8) is 0 Å². The average molecular weight is 290 g/mol. The van der Waals surface area contributed by atoms with Crippen molar-refractivity contribution >= 4 is 0 Å². The minimum Gasteiger partial charge on any atom is -0.492 e. The van der Waals surface area contributed by atoms with E-state index in [0.29, 0.717) is 0 Å². The summed E-state index contributed by atoms with van der Waals surface area (Å²) >= 11 is 0. The third kappa shape index (κ3) is 5.01. The van der Waals surface area contributed by atoms with E-state index in [9.17, 15) is 0 Å². The second kappa shape index (κ2) is 8.40. The molecular formula is C18H30N2O. The molecule has 0 aliphatic carbocycles. The first-order valence-electron chi connectivity index (χ1n) is 8.34. The van der Waals surface area contributed by atoms with E-state index in [2.05, 4.69) is 43.0 Å². The maximum atomic E-state index is 5.82. The standard InChI is InChI=1S/C18H30N2O/c1-15(2)16(9-10-19)7-5-11-20-12-13-21-18-8-4-3-6-17(18)14-20/h3-4,6,8,15-16H,5,7,9-14,19H2,1-2H3. The maximum absolute atomic E-state index is 5.82. The fraction of sp³-hybridized carbons (Fsp3) is 0.667. The van der Waals surface area contributed by atoms with Gasteiger partial charge in [0.1, 0.15) is 12.4 Å². The zero-order chi connectivity index (χ0) is 15.1. The van der Waals surface area contributed by atoms with E-state index in [0.717, 1.165) is 56.8 Å². The molecule has 1 aliphatic rings. The molecule has 0 fully saturated rings. The number of hydrogen-bond donors (Lipinski definition) is 1. The van der Waals surface area contributed by atoms with Gasteiger partial charge in [-0.3, -0.25) is 4.90 Å². The third-order valence-electron chi connectivity index (χ3n) is 4.56. The highest BCUT2D eigenvalue weighted by molar-refractivity contribution is 5.33. The molecule has 1 heterocycles. The maximum Gasteiger partial charge on any atom is 0.123 e. The Kier molecular flexibility index (Phi) is 6.52. The number of para-hydroxylation sites is 1. The van der Waals surface area contributed by atoms with Gasteiger partial charge in [0.2, 0.25) is 0 Å². The predicted molar refractivity (Wildman–Crippen MR) is 88.4 cm³/mol. The molecule has 0 saturated heterocycles. The van der Waals surface area contributed by atoms with Crippen molar-refractivity contribution in [3.8, 4) is 5.75 Å². The van der Waals surface area contributed by atoms with Crippen molar-refractivity contribution in [2.45, 2.75) is 39.7 Å². The minimum atomic E-state index is 0.738. The summed E-state index contributed by atoms with van der Waals surface area (Å²) in [6, 6.07) is 8.41. The van der Waals surface area contributed by atoms with Crippen LogP contribution < -0.4 is 10.5 Å². The molecule has 0 aromatic heterocycles. The molecule has 2 N–H and O–H groups in total. The van der Waals surface area contributed by atoms with Crippen LogP contribution in [-0.2, 0) is 6.54 Å². The van der Waals surface area contributed by atoms with Crippen LogP contribution in [0.15, 0.2) is 24.3 Å². The van der Waals surface area contributed by atoms with Crippen LogP contribution in [0.5, 0.6) is 5.75 Å². The highest BCUT2D eigenvalue weighted by Gasteiger charge is 2.16. The highest BCUT2D eigenvalue weighted by Crippen LogP contribution is 2.24. The van der Waals surface area contributed by atoms with Crippen LogP contribution in [0.2, 0.25) is 0 Å². The third-order valence-corrected chi connectivity index (χ3v) is 4.56. The molecule has 1 aliphatic heterocycles. The van der Waals surface area contributed by atoms with Gasteiger partial charge in [0, 0.05) is 18.7 Å². The Bertz CT molecular complexity index is 419. The van der Waals surface area contributed by atoms with Crippen LogP contribution >= 0.6 is 0 Å². The lowest BCUT2D eigenvalue weighted by Crippen LogP contribution is -2.27. The fourth-order valence-corrected chi connectivity index (χ4v) is 3.17. The second-order valence-electron chi connectivity index (χ2n) is 6.46. The van der Waals surface area contributed by atoms with Crippen LogP contribution in [0.1, 0.15) is 38.7 Å². The normalized spacial score (nSPS) is 17.1. The molecule has 1 atom stereocenters. The number of fused-ring (bicyclic) bond motifs is 1. The van der Waals surface area contributed by atoms with Gasteiger partial charge in [-0.2, -0.15) is 0 Å². The van der Waals surface area contributed by atoms with Crippen molar-refractivity contribution in [2.24, 2.45) is 17.6 Å². The fourth-order valence-electron chi connectivity index (χ4n) is 3.17. The van der Waals surface area contributed by atoms with Crippen molar-refractivity contribution in [1.29, 1.82) is 0 Å². The molecule has 118 valence electrons. The Morgan fingerprint density at radius 2 is 2.05 bits per heavy atom. The number of rotatable bonds is 7. The summed E-state index contributed by atoms with van der Waals surface area (Å²) < 4.78 is 5.82. The van der Waals surface area contributed by atoms with Gasteiger partial charge in [-0.1, -0.05) is 32.0 Å². The van der Waals surface area contributed by atoms with Gasteiger partial charge >= 0.3 is 0 Å². The number of ether oxygens (including phenoxy) is 1. The molecule has 0 saturated carbocycles. The molecular weight excluding hydrogens is 260 g/mol. The predicted octanol–water partition coefficient (Wildman–Crippen LogP) is 3.28. The number of hydrogen-bond acceptors (Lipinski definition) is 3. The molecule has 1 aromatic carbocycles. The zero-order valence-electron chi connectivity index (χ0n) is 13.6. The number of nitrogens with zero attached hydrogens (tertiary/aromatic N) is 1. The summed E-state index contributed by atoms with van der Waals surface area (Å²) in [4.78, 5) is 2.52. The molecule has 21 heavy (non-hydrogen) atoms. The first-order valence-corrected chi connectivity index (χ1v) is 8.34. The largest absolute Gasteiger partial charge is 0.492 e. The molecule has 1 unspecified atom stereocenters. The SMILES string of the molecule is CC(C)C(CCN)CCCN1CCOc2ccccc2C1. The Balaban J connectivity index is 1.81. The monoisotopic (exact) mass is 290 g/mol. The van der Waals surface area contributed by atoms with E-state index in [1.54, 1.807) is 0 Å². The van der Waals surface area contributed by atoms with Crippen LogP contribution in [-0.4, -0.2) is 31.1 Å². The van der Waals surface area contributed by atoms with Crippen molar-refractivity contribution in [3.05, 3.63) is 29.8 Å². The summed E-state index contributed by atoms with van der Waals surface area (Å²) in [5.41, 5.74) is 7.05. The molecule has 0 amide bonds. The van der Waals surface area contributed by atoms with Gasteiger partial charge in [0.05, 0.1) is 0 Å². The molecule has 3 nitrogen and oxygen atoms in total. The Labute approximate surface area is 129 Å². The van der Waals surface area contributed by atoms with E-state index in [-0.39, 0.29) is 0 Å². The lowest BCUT2D eigenvalue weighted by Gasteiger charge is -2.23. The lowest BCUT2D eigenvalue weighted by atomic mass is 9.88. The minimum absolute atomic E-state index is 0.738. The van der Waals surface area contributed by atoms with Crippen molar-refractivity contribution in [1.82, 2.24) is 4.90 Å². The first-order chi connectivity index (χ1) is 10.2. The van der Waals surface area contributed by atoms with Gasteiger partial charge in [-0.25, -0.2) is 0 Å². The highest BCUT2D eigenvalue weighted by atomic mass is 16.5. The molecule has 0 radical (unpaired) electrons. The van der Waals surface area contributed by atoms with E-state index in [1.807, 2.05) is 0 Å². The van der Waals surface area contributed by atoms with Gasteiger partial charge in [0.25, 0.3) is 0 Å². The van der Waals surface area contributed by atoms with Crippen molar-refractivity contribution in [2.75, 3.05) is 26.2 Å². The zero-order valence-corrected chi connectivity index (χ0v) is 13.6. The van der Waals surface area contributed by atoms with E-state index >= 15 is 0 Å². The summed E-state index contributed by atoms with van der Waals surface area (Å²) in [6.45, 7) is 9.44. The Hall–Kier alpha value is -1.06. The quantitative estimate of drug-likeness (QED) is 0.837. The molecule has 0 spiro atoms. The molecule has 1 aromatic rings. The van der Waals surface area contributed by atoms with Gasteiger partial charge < -0.3 is 10.5 Å². The van der Waals surface area contributed by atoms with Crippen molar-refractivity contribution < 1.29 is 4.74 Å². The van der Waals surface area contributed by atoms with E-state index < -0.39 is 0 Å². The van der Waals surface area contributed by atoms with Crippen LogP contribution in [0.3, 0.4) is 0 Å². The Morgan fingerprint density at radius 3 is 2.81 bits per heavy atom. The Morgan fingerprint density at radius 1 is 1.24 bits per heavy atom. The molecule has 2 rings (SSSR count). The van der Waals surface area contributed by atoms with E-state index in [1.165, 1.54) is 18.4 Å². The van der Waals surface area contributed by atoms with E-state index in [4.69, 9.17) is 10.5 Å². The number of benzene rings is 1.